The molecule has 2 rings (SSSR count). The van der Waals surface area contributed by atoms with Crippen LogP contribution in [0.5, 0.6) is 0 Å². The maximum absolute atomic E-state index is 12.5. The summed E-state index contributed by atoms with van der Waals surface area (Å²) in [6.45, 7) is 6.87. The molecule has 1 aliphatic rings. The predicted octanol–water partition coefficient (Wildman–Crippen LogP) is 0.692. The summed E-state index contributed by atoms with van der Waals surface area (Å²) in [5.41, 5.74) is 1.62. The summed E-state index contributed by atoms with van der Waals surface area (Å²) in [6, 6.07) is 7.37. The minimum absolute atomic E-state index is 0.0294. The third-order valence-electron chi connectivity index (χ3n) is 4.02. The number of hydrogen-bond donors (Lipinski definition) is 1. The van der Waals surface area contributed by atoms with Crippen molar-refractivity contribution in [3.63, 3.8) is 0 Å². The van der Waals surface area contributed by atoms with Gasteiger partial charge in [-0.3, -0.25) is 4.79 Å². The number of rotatable bonds is 6. The van der Waals surface area contributed by atoms with Crippen molar-refractivity contribution >= 4 is 15.9 Å². The highest BCUT2D eigenvalue weighted by atomic mass is 32.2. The summed E-state index contributed by atoms with van der Waals surface area (Å²) in [4.78, 5) is 14.1. The van der Waals surface area contributed by atoms with Gasteiger partial charge >= 0.3 is 0 Å². The van der Waals surface area contributed by atoms with E-state index in [1.54, 1.807) is 11.0 Å². The van der Waals surface area contributed by atoms with Gasteiger partial charge < -0.3 is 10.2 Å². The highest BCUT2D eigenvalue weighted by molar-refractivity contribution is 7.89. The summed E-state index contributed by atoms with van der Waals surface area (Å²) < 4.78 is 26.3. The van der Waals surface area contributed by atoms with Gasteiger partial charge in [-0.2, -0.15) is 4.31 Å². The van der Waals surface area contributed by atoms with Crippen molar-refractivity contribution in [1.29, 1.82) is 0 Å². The van der Waals surface area contributed by atoms with Gasteiger partial charge in [0.2, 0.25) is 10.0 Å². The molecular formula is C16H25N3O3S. The van der Waals surface area contributed by atoms with E-state index >= 15 is 0 Å². The van der Waals surface area contributed by atoms with Crippen molar-refractivity contribution in [2.45, 2.75) is 13.8 Å². The highest BCUT2D eigenvalue weighted by Gasteiger charge is 2.25. The van der Waals surface area contributed by atoms with Crippen molar-refractivity contribution in [1.82, 2.24) is 14.5 Å². The van der Waals surface area contributed by atoms with E-state index in [-0.39, 0.29) is 18.2 Å². The fourth-order valence-corrected chi connectivity index (χ4v) is 4.09. The Kier molecular flexibility index (Phi) is 6.15. The van der Waals surface area contributed by atoms with Gasteiger partial charge in [-0.1, -0.05) is 17.7 Å². The first kappa shape index (κ1) is 17.9. The molecule has 1 aromatic carbocycles. The molecule has 0 atom stereocenters. The van der Waals surface area contributed by atoms with Crippen LogP contribution in [-0.2, 0) is 10.0 Å². The molecule has 1 aromatic rings. The molecule has 1 saturated heterocycles. The summed E-state index contributed by atoms with van der Waals surface area (Å²) in [5.74, 6) is -0.148. The molecule has 0 unspecified atom stereocenters. The molecule has 0 bridgehead atoms. The second-order valence-electron chi connectivity index (χ2n) is 5.72. The zero-order valence-electron chi connectivity index (χ0n) is 13.8. The molecule has 0 saturated carbocycles. The normalized spacial score (nSPS) is 16.3. The largest absolute Gasteiger partial charge is 0.338 e. The van der Waals surface area contributed by atoms with Crippen molar-refractivity contribution in [3.05, 3.63) is 35.4 Å². The number of benzene rings is 1. The van der Waals surface area contributed by atoms with Crippen LogP contribution in [0.2, 0.25) is 0 Å². The maximum Gasteiger partial charge on any atom is 0.253 e. The third kappa shape index (κ3) is 4.76. The lowest BCUT2D eigenvalue weighted by Crippen LogP contribution is -2.48. The van der Waals surface area contributed by atoms with Gasteiger partial charge in [0, 0.05) is 44.8 Å². The molecule has 7 heteroatoms. The highest BCUT2D eigenvalue weighted by Crippen LogP contribution is 2.09. The number of carbonyl (C=O) groups excluding carboxylic acids is 1. The number of hydrogen-bond acceptors (Lipinski definition) is 4. The molecule has 0 radical (unpaired) electrons. The van der Waals surface area contributed by atoms with E-state index in [1.807, 2.05) is 32.0 Å². The molecule has 0 aliphatic carbocycles. The van der Waals surface area contributed by atoms with Gasteiger partial charge in [0.15, 0.2) is 0 Å². The lowest BCUT2D eigenvalue weighted by molar-refractivity contribution is 0.0773. The summed E-state index contributed by atoms with van der Waals surface area (Å²) >= 11 is 0. The predicted molar refractivity (Wildman–Crippen MR) is 91.0 cm³/mol. The topological polar surface area (TPSA) is 69.7 Å². The average Bonchev–Trinajstić information content (AvgIpc) is 2.56. The Bertz CT molecular complexity index is 640. The van der Waals surface area contributed by atoms with Crippen LogP contribution in [-0.4, -0.2) is 68.6 Å². The summed E-state index contributed by atoms with van der Waals surface area (Å²) in [5, 5.41) is 3.14. The Labute approximate surface area is 138 Å². The molecule has 1 amide bonds. The van der Waals surface area contributed by atoms with Crippen LogP contribution in [0.3, 0.4) is 0 Å². The number of piperazine rings is 1. The van der Waals surface area contributed by atoms with Crippen LogP contribution in [0, 0.1) is 6.92 Å². The van der Waals surface area contributed by atoms with Crippen molar-refractivity contribution in [2.75, 3.05) is 45.0 Å². The molecule has 0 spiro atoms. The Balaban J connectivity index is 2.00. The smallest absolute Gasteiger partial charge is 0.253 e. The quantitative estimate of drug-likeness (QED) is 0.828. The first-order valence-electron chi connectivity index (χ1n) is 7.98. The number of nitrogens with one attached hydrogen (secondary N) is 1. The first-order chi connectivity index (χ1) is 10.9. The van der Waals surface area contributed by atoms with E-state index < -0.39 is 10.0 Å². The van der Waals surface area contributed by atoms with Crippen LogP contribution >= 0.6 is 0 Å². The van der Waals surface area contributed by atoms with Crippen molar-refractivity contribution in [3.8, 4) is 0 Å². The fraction of sp³-hybridized carbons (Fsp3) is 0.562. The lowest BCUT2D eigenvalue weighted by Gasteiger charge is -2.28. The molecule has 6 nitrogen and oxygen atoms in total. The number of carbonyl (C=O) groups is 1. The van der Waals surface area contributed by atoms with E-state index in [1.165, 1.54) is 4.31 Å². The van der Waals surface area contributed by atoms with Crippen LogP contribution in [0.25, 0.3) is 0 Å². The van der Waals surface area contributed by atoms with Gasteiger partial charge in [-0.05, 0) is 26.0 Å². The Morgan fingerprint density at radius 1 is 1.30 bits per heavy atom. The van der Waals surface area contributed by atoms with Crippen LogP contribution in [0.4, 0.5) is 0 Å². The van der Waals surface area contributed by atoms with E-state index in [4.69, 9.17) is 0 Å². The van der Waals surface area contributed by atoms with Gasteiger partial charge in [0.25, 0.3) is 5.91 Å². The summed E-state index contributed by atoms with van der Waals surface area (Å²) in [7, 11) is -3.31. The second-order valence-corrected chi connectivity index (χ2v) is 7.81. The Morgan fingerprint density at radius 2 is 2.00 bits per heavy atom. The molecule has 0 aromatic heterocycles. The minimum Gasteiger partial charge on any atom is -0.338 e. The van der Waals surface area contributed by atoms with Crippen LogP contribution < -0.4 is 5.32 Å². The zero-order valence-corrected chi connectivity index (χ0v) is 14.6. The molecule has 23 heavy (non-hydrogen) atoms. The minimum atomic E-state index is -3.31. The molecule has 1 N–H and O–H groups in total. The average molecular weight is 339 g/mol. The summed E-state index contributed by atoms with van der Waals surface area (Å²) in [6.07, 6.45) is 0. The Morgan fingerprint density at radius 3 is 2.61 bits per heavy atom. The van der Waals surface area contributed by atoms with Crippen molar-refractivity contribution < 1.29 is 13.2 Å². The third-order valence-corrected chi connectivity index (χ3v) is 5.87. The first-order valence-corrected chi connectivity index (χ1v) is 9.59. The zero-order chi connectivity index (χ0) is 16.9. The van der Waals surface area contributed by atoms with E-state index in [9.17, 15) is 13.2 Å². The number of nitrogens with zero attached hydrogens (tertiary/aromatic N) is 2. The molecule has 1 aliphatic heterocycles. The lowest BCUT2D eigenvalue weighted by atomic mass is 10.1. The fourth-order valence-electron chi connectivity index (χ4n) is 2.64. The monoisotopic (exact) mass is 339 g/mol. The Hall–Kier alpha value is -1.44. The van der Waals surface area contributed by atoms with Gasteiger partial charge in [-0.15, -0.1) is 0 Å². The molecule has 1 fully saturated rings. The SMILES string of the molecule is CCN(CCS(=O)(=O)N1CCNCC1)C(=O)c1cccc(C)c1. The van der Waals surface area contributed by atoms with Gasteiger partial charge in [0.05, 0.1) is 5.75 Å². The van der Waals surface area contributed by atoms with E-state index in [0.29, 0.717) is 38.3 Å². The van der Waals surface area contributed by atoms with Crippen molar-refractivity contribution in [2.24, 2.45) is 0 Å². The molecule has 1 heterocycles. The molecular weight excluding hydrogens is 314 g/mol. The van der Waals surface area contributed by atoms with Crippen LogP contribution in [0.15, 0.2) is 24.3 Å². The number of sulfonamides is 1. The second kappa shape index (κ2) is 7.90. The van der Waals surface area contributed by atoms with Gasteiger partial charge in [-0.25, -0.2) is 8.42 Å². The maximum atomic E-state index is 12.5. The van der Waals surface area contributed by atoms with Crippen LogP contribution in [0.1, 0.15) is 22.8 Å². The van der Waals surface area contributed by atoms with Gasteiger partial charge in [0.1, 0.15) is 0 Å². The van der Waals surface area contributed by atoms with E-state index in [0.717, 1.165) is 5.56 Å². The standard InChI is InChI=1S/C16H25N3O3S/c1-3-18(16(20)15-6-4-5-14(2)13-15)11-12-23(21,22)19-9-7-17-8-10-19/h4-6,13,17H,3,7-12H2,1-2H3. The number of aryl methyl sites for hydroxylation is 1. The number of amides is 1. The van der Waals surface area contributed by atoms with E-state index in [2.05, 4.69) is 5.32 Å². The molecule has 128 valence electrons.